The first-order valence-electron chi connectivity index (χ1n) is 4.81. The Labute approximate surface area is 78.0 Å². The van der Waals surface area contributed by atoms with Crippen LogP contribution in [0.1, 0.15) is 23.1 Å². The van der Waals surface area contributed by atoms with Crippen LogP contribution < -0.4 is 4.74 Å². The number of hydrogen-bond donors (Lipinski definition) is 0. The number of aryl methyl sites for hydroxylation is 2. The third kappa shape index (κ3) is 0.932. The van der Waals surface area contributed by atoms with Gasteiger partial charge in [0.25, 0.3) is 0 Å². The number of ether oxygens (including phenoxy) is 1. The lowest BCUT2D eigenvalue weighted by Gasteiger charge is -2.02. The summed E-state index contributed by atoms with van der Waals surface area (Å²) in [4.78, 5) is 0. The molecule has 0 bridgehead atoms. The first kappa shape index (κ1) is 7.19. The zero-order chi connectivity index (χ0) is 8.84. The molecule has 1 aliphatic heterocycles. The molecule has 1 aliphatic carbocycles. The van der Waals surface area contributed by atoms with Crippen LogP contribution in [0, 0.1) is 0 Å². The minimum Gasteiger partial charge on any atom is -0.488 e. The average Bonchev–Trinajstić information content (AvgIpc) is 2.70. The van der Waals surface area contributed by atoms with Gasteiger partial charge in [-0.1, -0.05) is 6.58 Å². The molecule has 0 radical (unpaired) electrons. The van der Waals surface area contributed by atoms with E-state index in [9.17, 15) is 0 Å². The van der Waals surface area contributed by atoms with Gasteiger partial charge in [0.2, 0.25) is 0 Å². The minimum absolute atomic E-state index is 0.679. The van der Waals surface area contributed by atoms with Crippen LogP contribution in [0.4, 0.5) is 0 Å². The first-order valence-corrected chi connectivity index (χ1v) is 4.81. The van der Waals surface area contributed by atoms with Crippen molar-refractivity contribution < 1.29 is 4.74 Å². The van der Waals surface area contributed by atoms with Crippen molar-refractivity contribution in [1.29, 1.82) is 0 Å². The molecule has 0 unspecified atom stereocenters. The second-order valence-electron chi connectivity index (χ2n) is 3.86. The lowest BCUT2D eigenvalue weighted by atomic mass is 10.0. The average molecular weight is 172 g/mol. The van der Waals surface area contributed by atoms with Crippen molar-refractivity contribution in [2.24, 2.45) is 0 Å². The Hall–Kier alpha value is -1.24. The van der Waals surface area contributed by atoms with E-state index < -0.39 is 0 Å². The van der Waals surface area contributed by atoms with E-state index in [4.69, 9.17) is 4.74 Å². The molecule has 0 saturated carbocycles. The summed E-state index contributed by atoms with van der Waals surface area (Å²) in [5.41, 5.74) is 5.35. The summed E-state index contributed by atoms with van der Waals surface area (Å²) in [6, 6.07) is 4.48. The van der Waals surface area contributed by atoms with Crippen LogP contribution in [0.2, 0.25) is 0 Å². The summed E-state index contributed by atoms with van der Waals surface area (Å²) in [7, 11) is 0. The Balaban J connectivity index is 2.22. The summed E-state index contributed by atoms with van der Waals surface area (Å²) >= 11 is 0. The molecule has 66 valence electrons. The van der Waals surface area contributed by atoms with Gasteiger partial charge in [0.05, 0.1) is 0 Å². The fourth-order valence-electron chi connectivity index (χ4n) is 2.24. The quantitative estimate of drug-likeness (QED) is 0.584. The number of benzene rings is 1. The summed E-state index contributed by atoms with van der Waals surface area (Å²) in [6.07, 6.45) is 3.75. The van der Waals surface area contributed by atoms with Gasteiger partial charge in [-0.3, -0.25) is 0 Å². The molecule has 0 fully saturated rings. The smallest absolute Gasteiger partial charge is 0.127 e. The molecule has 0 spiro atoms. The molecular weight excluding hydrogens is 160 g/mol. The lowest BCUT2D eigenvalue weighted by Crippen LogP contribution is -1.86. The monoisotopic (exact) mass is 172 g/mol. The van der Waals surface area contributed by atoms with Crippen LogP contribution in [-0.2, 0) is 12.8 Å². The zero-order valence-corrected chi connectivity index (χ0v) is 7.60. The maximum Gasteiger partial charge on any atom is 0.127 e. The van der Waals surface area contributed by atoms with Gasteiger partial charge in [-0.15, -0.1) is 0 Å². The fraction of sp³-hybridized carbons (Fsp3) is 0.333. The SMILES string of the molecule is C=C1COc2cc3c(cc21)CCC3. The summed E-state index contributed by atoms with van der Waals surface area (Å²) < 4.78 is 5.54. The molecule has 1 aromatic carbocycles. The van der Waals surface area contributed by atoms with Crippen molar-refractivity contribution in [1.82, 2.24) is 0 Å². The van der Waals surface area contributed by atoms with Gasteiger partial charge >= 0.3 is 0 Å². The van der Waals surface area contributed by atoms with Crippen molar-refractivity contribution >= 4 is 5.57 Å². The van der Waals surface area contributed by atoms with E-state index in [1.807, 2.05) is 0 Å². The van der Waals surface area contributed by atoms with Crippen LogP contribution in [0.25, 0.3) is 5.57 Å². The van der Waals surface area contributed by atoms with Crippen molar-refractivity contribution in [2.45, 2.75) is 19.3 Å². The van der Waals surface area contributed by atoms with E-state index in [0.29, 0.717) is 6.61 Å². The summed E-state index contributed by atoms with van der Waals surface area (Å²) in [6.45, 7) is 4.67. The fourth-order valence-corrected chi connectivity index (χ4v) is 2.24. The highest BCUT2D eigenvalue weighted by Crippen LogP contribution is 2.37. The Morgan fingerprint density at radius 1 is 1.15 bits per heavy atom. The molecule has 1 heterocycles. The van der Waals surface area contributed by atoms with Crippen molar-refractivity contribution in [2.75, 3.05) is 6.61 Å². The lowest BCUT2D eigenvalue weighted by molar-refractivity contribution is 0.388. The van der Waals surface area contributed by atoms with Gasteiger partial charge in [-0.25, -0.2) is 0 Å². The highest BCUT2D eigenvalue weighted by molar-refractivity contribution is 5.74. The van der Waals surface area contributed by atoms with Crippen LogP contribution in [0.15, 0.2) is 18.7 Å². The number of rotatable bonds is 0. The Bertz CT molecular complexity index is 390. The second-order valence-corrected chi connectivity index (χ2v) is 3.86. The van der Waals surface area contributed by atoms with Crippen molar-refractivity contribution in [3.05, 3.63) is 35.4 Å². The highest BCUT2D eigenvalue weighted by atomic mass is 16.5. The highest BCUT2D eigenvalue weighted by Gasteiger charge is 2.20. The molecule has 1 heteroatoms. The normalized spacial score (nSPS) is 18.3. The molecule has 2 aliphatic rings. The molecule has 3 rings (SSSR count). The van der Waals surface area contributed by atoms with E-state index in [-0.39, 0.29) is 0 Å². The van der Waals surface area contributed by atoms with E-state index in [2.05, 4.69) is 18.7 Å². The topological polar surface area (TPSA) is 9.23 Å². The summed E-state index contributed by atoms with van der Waals surface area (Å²) in [5.74, 6) is 1.05. The predicted octanol–water partition coefficient (Wildman–Crippen LogP) is 2.58. The second kappa shape index (κ2) is 2.38. The van der Waals surface area contributed by atoms with E-state index >= 15 is 0 Å². The van der Waals surface area contributed by atoms with Gasteiger partial charge in [0, 0.05) is 5.56 Å². The molecule has 13 heavy (non-hydrogen) atoms. The van der Waals surface area contributed by atoms with Gasteiger partial charge in [-0.05, 0) is 48.1 Å². The molecular formula is C12H12O. The molecule has 0 aromatic heterocycles. The largest absolute Gasteiger partial charge is 0.488 e. The molecule has 0 amide bonds. The Morgan fingerprint density at radius 2 is 1.92 bits per heavy atom. The van der Waals surface area contributed by atoms with Crippen molar-refractivity contribution in [3.8, 4) is 5.75 Å². The third-order valence-electron chi connectivity index (χ3n) is 2.98. The van der Waals surface area contributed by atoms with E-state index in [0.717, 1.165) is 11.3 Å². The predicted molar refractivity (Wildman–Crippen MR) is 53.0 cm³/mol. The van der Waals surface area contributed by atoms with Gasteiger partial charge < -0.3 is 4.74 Å². The molecule has 0 N–H and O–H groups in total. The third-order valence-corrected chi connectivity index (χ3v) is 2.98. The molecule has 0 atom stereocenters. The first-order chi connectivity index (χ1) is 6.34. The van der Waals surface area contributed by atoms with Crippen LogP contribution in [0.3, 0.4) is 0 Å². The van der Waals surface area contributed by atoms with Crippen LogP contribution in [0.5, 0.6) is 5.75 Å². The van der Waals surface area contributed by atoms with Crippen LogP contribution >= 0.6 is 0 Å². The Kier molecular flexibility index (Phi) is 1.32. The van der Waals surface area contributed by atoms with Gasteiger partial charge in [-0.2, -0.15) is 0 Å². The number of hydrogen-bond acceptors (Lipinski definition) is 1. The Morgan fingerprint density at radius 3 is 2.77 bits per heavy atom. The van der Waals surface area contributed by atoms with Crippen LogP contribution in [-0.4, -0.2) is 6.61 Å². The summed E-state index contributed by atoms with van der Waals surface area (Å²) in [5, 5.41) is 0. The maximum atomic E-state index is 5.54. The van der Waals surface area contributed by atoms with Gasteiger partial charge in [0.15, 0.2) is 0 Å². The van der Waals surface area contributed by atoms with Gasteiger partial charge in [0.1, 0.15) is 12.4 Å². The van der Waals surface area contributed by atoms with E-state index in [1.165, 1.54) is 36.0 Å². The molecule has 0 saturated heterocycles. The van der Waals surface area contributed by atoms with Crippen molar-refractivity contribution in [3.63, 3.8) is 0 Å². The number of fused-ring (bicyclic) bond motifs is 2. The molecule has 1 nitrogen and oxygen atoms in total. The zero-order valence-electron chi connectivity index (χ0n) is 7.60. The van der Waals surface area contributed by atoms with E-state index in [1.54, 1.807) is 0 Å². The maximum absolute atomic E-state index is 5.54. The molecule has 1 aromatic rings. The standard InChI is InChI=1S/C12H12O/c1-8-7-13-12-6-10-4-2-3-9(10)5-11(8)12/h5-6H,1-4,7H2. The minimum atomic E-state index is 0.679.